The average Bonchev–Trinajstić information content (AvgIpc) is 1.11. The van der Waals surface area contributed by atoms with Crippen LogP contribution in [0.3, 0.4) is 0 Å². The lowest BCUT2D eigenvalue weighted by molar-refractivity contribution is 0.312. The molecule has 0 unspecified atom stereocenters. The van der Waals surface area contributed by atoms with Crippen molar-refractivity contribution < 1.29 is 0 Å². The van der Waals surface area contributed by atoms with E-state index in [2.05, 4.69) is 87.5 Å². The van der Waals surface area contributed by atoms with Crippen molar-refractivity contribution in [3.63, 3.8) is 0 Å². The number of anilines is 6. The lowest BCUT2D eigenvalue weighted by atomic mass is 9.82. The van der Waals surface area contributed by atoms with Crippen LogP contribution in [0.2, 0.25) is 60.3 Å². The summed E-state index contributed by atoms with van der Waals surface area (Å²) in [4.78, 5) is 51.4. The summed E-state index contributed by atoms with van der Waals surface area (Å²) < 4.78 is 0. The van der Waals surface area contributed by atoms with Gasteiger partial charge in [-0.2, -0.15) is 0 Å². The maximum atomic E-state index is 6.27. The van der Waals surface area contributed by atoms with Gasteiger partial charge in [-0.1, -0.05) is 317 Å². The summed E-state index contributed by atoms with van der Waals surface area (Å²) >= 11 is 73.7. The summed E-state index contributed by atoms with van der Waals surface area (Å²) in [5.41, 5.74) is 49.8. The first kappa shape index (κ1) is 91.8. The van der Waals surface area contributed by atoms with Crippen LogP contribution in [0.5, 0.6) is 0 Å². The van der Waals surface area contributed by atoms with Gasteiger partial charge in [0, 0.05) is 67.5 Å². The number of halogens is 12. The molecule has 4 saturated carbocycles. The molecule has 12 aromatic rings. The fourth-order valence-corrected chi connectivity index (χ4v) is 16.6. The van der Waals surface area contributed by atoms with Gasteiger partial charge in [-0.3, -0.25) is 0 Å². The second-order valence-electron chi connectivity index (χ2n) is 31.1. The van der Waals surface area contributed by atoms with Gasteiger partial charge in [-0.25, -0.2) is 59.8 Å². The molecule has 0 bridgehead atoms. The van der Waals surface area contributed by atoms with Crippen molar-refractivity contribution in [3.05, 3.63) is 240 Å². The Hall–Kier alpha value is -7.92. The average molecular weight is 1840 g/mol. The molecule has 4 fully saturated rings. The van der Waals surface area contributed by atoms with Gasteiger partial charge in [0.2, 0.25) is 35.7 Å². The third kappa shape index (κ3) is 26.8. The van der Waals surface area contributed by atoms with E-state index in [0.717, 1.165) is 147 Å². The molecule has 0 spiro atoms. The Bertz CT molecular complexity index is 5390. The standard InChI is InChI=1S/2C16H17Cl2N3.C15H15Cl2N3.C15H17Cl2N3.C14H13Cl2N3.C13H13Cl2N3/c2*17-13-7-3-6-12(15(13)18)14-9-11(20-16(19)21-14)8-10-4-1-2-5-10;16-12-6-2-5-11(14(12)17)13-8-10(19-15(18)20-13)7-9-3-1-4-9;1-15(2,3)8-9-7-12(20-14(18)19-9)10-5-4-6-11(16)13(10)17;15-11-3-1-2-10(13(11)16)12-7-9(6-8-4-5-8)18-14(17)19-12;1-2-4-8-7-11(18-13(16)17-8)9-5-3-6-10(14)12(9)15/h2*3,6-7,9-10H,1-2,4-5,8H2,(H2,19,20,21);2,5-6,8-9H,1,3-4,7H2,(H2,18,19,20);4-7H,8H2,1-3H3,(H2,18,19,20);1-3,7-8H,4-6H2,(H2,17,18,19);3,5-7H,2,4H2,1H3,(H2,16,17,18). The molecule has 6 aromatic carbocycles. The van der Waals surface area contributed by atoms with E-state index >= 15 is 0 Å². The Kier molecular flexibility index (Phi) is 33.3. The molecule has 6 heterocycles. The summed E-state index contributed by atoms with van der Waals surface area (Å²) in [5.74, 6) is 4.54. The Morgan fingerprint density at radius 2 is 0.471 bits per heavy atom. The zero-order valence-electron chi connectivity index (χ0n) is 66.2. The number of aryl methyl sites for hydroxylation is 1. The van der Waals surface area contributed by atoms with Crippen LogP contribution in [-0.2, 0) is 38.5 Å². The quantitative estimate of drug-likeness (QED) is 0.0493. The van der Waals surface area contributed by atoms with Gasteiger partial charge in [0.1, 0.15) is 0 Å². The van der Waals surface area contributed by atoms with Crippen LogP contribution in [0, 0.1) is 29.1 Å². The van der Waals surface area contributed by atoms with Crippen LogP contribution in [0.25, 0.3) is 67.5 Å². The molecule has 18 nitrogen and oxygen atoms in total. The molecule has 4 aliphatic rings. The fourth-order valence-electron chi connectivity index (χ4n) is 14.2. The minimum atomic E-state index is 0.121. The van der Waals surface area contributed by atoms with Crippen molar-refractivity contribution in [2.24, 2.45) is 29.1 Å². The van der Waals surface area contributed by atoms with E-state index in [-0.39, 0.29) is 41.1 Å². The van der Waals surface area contributed by atoms with Crippen molar-refractivity contribution >= 4 is 175 Å². The van der Waals surface area contributed by atoms with Gasteiger partial charge < -0.3 is 34.4 Å². The van der Waals surface area contributed by atoms with E-state index in [0.29, 0.717) is 83.5 Å². The zero-order valence-corrected chi connectivity index (χ0v) is 75.2. The summed E-state index contributed by atoms with van der Waals surface area (Å²) in [7, 11) is 0. The first-order valence-electron chi connectivity index (χ1n) is 39.4. The minimum absolute atomic E-state index is 0.121. The maximum absolute atomic E-state index is 6.27. The normalized spacial score (nSPS) is 13.9. The molecular formula is C89H92Cl12N18. The SMILES string of the molecule is CC(C)(C)Cc1cc(-c2cccc(Cl)c2Cl)nc(N)n1.CCCc1cc(-c2cccc(Cl)c2Cl)nc(N)n1.Nc1nc(CC2CC2)cc(-c2cccc(Cl)c2Cl)n1.Nc1nc(CC2CCC2)cc(-c2cccc(Cl)c2Cl)n1.Nc1nc(CC2CCCC2)cc(-c2cccc(Cl)c2Cl)n1.Nc1nc(CC2CCCC2)cc(-c2cccc(Cl)c2Cl)n1. The van der Waals surface area contributed by atoms with Gasteiger partial charge in [-0.15, -0.1) is 0 Å². The monoisotopic (exact) mass is 1830 g/mol. The molecule has 12 N–H and O–H groups in total. The van der Waals surface area contributed by atoms with Gasteiger partial charge in [0.15, 0.2) is 0 Å². The highest BCUT2D eigenvalue weighted by atomic mass is 35.5. The molecule has 0 aliphatic heterocycles. The van der Waals surface area contributed by atoms with Crippen LogP contribution in [0.15, 0.2) is 146 Å². The molecule has 0 saturated heterocycles. The van der Waals surface area contributed by atoms with Crippen LogP contribution >= 0.6 is 139 Å². The zero-order chi connectivity index (χ0) is 85.2. The third-order valence-corrected chi connectivity index (χ3v) is 25.1. The van der Waals surface area contributed by atoms with Crippen LogP contribution < -0.4 is 34.4 Å². The molecule has 0 amide bonds. The van der Waals surface area contributed by atoms with E-state index in [9.17, 15) is 0 Å². The van der Waals surface area contributed by atoms with Crippen molar-refractivity contribution in [2.45, 2.75) is 156 Å². The highest BCUT2D eigenvalue weighted by molar-refractivity contribution is 6.46. The number of aromatic nitrogens is 12. The molecule has 16 rings (SSSR count). The van der Waals surface area contributed by atoms with Gasteiger partial charge >= 0.3 is 0 Å². The Labute approximate surface area is 755 Å². The van der Waals surface area contributed by atoms with E-state index in [1.165, 1.54) is 83.5 Å². The molecule has 4 aliphatic carbocycles. The number of hydrogen-bond donors (Lipinski definition) is 6. The molecule has 6 aromatic heterocycles. The van der Waals surface area contributed by atoms with Crippen molar-refractivity contribution in [2.75, 3.05) is 34.4 Å². The molecule has 622 valence electrons. The molecular weight excluding hydrogens is 1750 g/mol. The second-order valence-corrected chi connectivity index (χ2v) is 35.8. The summed E-state index contributed by atoms with van der Waals surface area (Å²) in [6, 6.07) is 44.6. The maximum Gasteiger partial charge on any atom is 0.220 e. The number of rotatable bonds is 17. The van der Waals surface area contributed by atoms with Crippen molar-refractivity contribution in [1.82, 2.24) is 59.8 Å². The van der Waals surface area contributed by atoms with Crippen LogP contribution in [0.1, 0.15) is 152 Å². The summed E-state index contributed by atoms with van der Waals surface area (Å²) in [6.45, 7) is 8.54. The van der Waals surface area contributed by atoms with Gasteiger partial charge in [0.05, 0.1) is 94.4 Å². The largest absolute Gasteiger partial charge is 0.368 e. The fraction of sp³-hybridized carbons (Fsp3) is 0.326. The van der Waals surface area contributed by atoms with Crippen molar-refractivity contribution in [3.8, 4) is 67.5 Å². The highest BCUT2D eigenvalue weighted by Gasteiger charge is 2.26. The molecule has 0 atom stereocenters. The Balaban J connectivity index is 0.000000140. The van der Waals surface area contributed by atoms with Gasteiger partial charge in [0.25, 0.3) is 0 Å². The predicted octanol–water partition coefficient (Wildman–Crippen LogP) is 26.5. The summed E-state index contributed by atoms with van der Waals surface area (Å²) in [6.07, 6.45) is 23.3. The number of nitrogens with zero attached hydrogens (tertiary/aromatic N) is 12. The minimum Gasteiger partial charge on any atom is -0.368 e. The second kappa shape index (κ2) is 43.2. The van der Waals surface area contributed by atoms with Gasteiger partial charge in [-0.05, 0) is 153 Å². The predicted molar refractivity (Wildman–Crippen MR) is 497 cm³/mol. The Morgan fingerprint density at radius 3 is 0.681 bits per heavy atom. The van der Waals surface area contributed by atoms with Crippen LogP contribution in [0.4, 0.5) is 35.7 Å². The molecule has 0 radical (unpaired) electrons. The number of nitrogen functional groups attached to an aromatic ring is 6. The first-order chi connectivity index (χ1) is 56.9. The highest BCUT2D eigenvalue weighted by Crippen LogP contribution is 2.42. The number of benzene rings is 6. The lowest BCUT2D eigenvalue weighted by Gasteiger charge is -2.24. The summed E-state index contributed by atoms with van der Waals surface area (Å²) in [5, 5.41) is 6.04. The number of nitrogens with two attached hydrogens (primary N) is 6. The lowest BCUT2D eigenvalue weighted by Crippen LogP contribution is -2.15. The van der Waals surface area contributed by atoms with E-state index < -0.39 is 0 Å². The smallest absolute Gasteiger partial charge is 0.220 e. The number of hydrogen-bond acceptors (Lipinski definition) is 18. The Morgan fingerprint density at radius 1 is 0.269 bits per heavy atom. The van der Waals surface area contributed by atoms with Crippen molar-refractivity contribution in [1.29, 1.82) is 0 Å². The van der Waals surface area contributed by atoms with Crippen LogP contribution in [-0.4, -0.2) is 59.8 Å². The molecule has 119 heavy (non-hydrogen) atoms. The van der Waals surface area contributed by atoms with E-state index in [4.69, 9.17) is 174 Å². The topological polar surface area (TPSA) is 311 Å². The third-order valence-electron chi connectivity index (χ3n) is 20.2. The first-order valence-corrected chi connectivity index (χ1v) is 43.9. The van der Waals surface area contributed by atoms with E-state index in [1.54, 1.807) is 36.4 Å². The van der Waals surface area contributed by atoms with E-state index in [1.807, 2.05) is 109 Å². The molecule has 30 heteroatoms.